The van der Waals surface area contributed by atoms with Gasteiger partial charge in [0, 0.05) is 6.42 Å². The number of nitrogens with one attached hydrogen (secondary N) is 3. The molecule has 0 heterocycles. The normalized spacial score (nSPS) is 15.5. The van der Waals surface area contributed by atoms with Crippen LogP contribution in [0.3, 0.4) is 0 Å². The first kappa shape index (κ1) is 28.9. The second-order valence-corrected chi connectivity index (χ2v) is 8.66. The van der Waals surface area contributed by atoms with Crippen LogP contribution in [0.5, 0.6) is 5.75 Å². The van der Waals surface area contributed by atoms with E-state index in [1.807, 2.05) is 0 Å². The molecule has 3 amide bonds. The number of carboxylic acid groups (broad SMARTS) is 1. The number of phenolic OH excluding ortho intramolecular Hbond substituents is 1. The van der Waals surface area contributed by atoms with Gasteiger partial charge in [-0.1, -0.05) is 46.2 Å². The van der Waals surface area contributed by atoms with Gasteiger partial charge >= 0.3 is 5.97 Å². The van der Waals surface area contributed by atoms with Gasteiger partial charge in [-0.3, -0.25) is 14.4 Å². The topological polar surface area (TPSA) is 191 Å². The molecule has 1 aromatic carbocycles. The average Bonchev–Trinajstić information content (AvgIpc) is 2.79. The van der Waals surface area contributed by atoms with Gasteiger partial charge in [0.25, 0.3) is 0 Å². The highest BCUT2D eigenvalue weighted by Crippen LogP contribution is 2.13. The molecule has 0 spiro atoms. The molecule has 0 radical (unpaired) electrons. The third-order valence-electron chi connectivity index (χ3n) is 5.62. The molecule has 1 aromatic rings. The zero-order valence-electron chi connectivity index (χ0n) is 19.9. The summed E-state index contributed by atoms with van der Waals surface area (Å²) in [6.45, 7) is 6.23. The van der Waals surface area contributed by atoms with Crippen LogP contribution in [0.4, 0.5) is 0 Å². The standard InChI is InChI=1S/C23H36N4O7/c1-5-13(4)19(22(32)26-17(11-28)23(33)34)27-20(30)16(25-21(31)18(24)12(2)3)10-14-6-8-15(29)9-7-14/h6-9,12-13,16-19,28-29H,5,10-11,24H2,1-4H3,(H,25,31)(H,26,32)(H,27,30)(H,33,34). The fraction of sp³-hybridized carbons (Fsp3) is 0.565. The number of aliphatic hydroxyl groups excluding tert-OH is 1. The van der Waals surface area contributed by atoms with Crippen LogP contribution >= 0.6 is 0 Å². The quantitative estimate of drug-likeness (QED) is 0.196. The third kappa shape index (κ3) is 8.64. The van der Waals surface area contributed by atoms with Crippen LogP contribution < -0.4 is 21.7 Å². The average molecular weight is 481 g/mol. The number of aromatic hydroxyl groups is 1. The Morgan fingerprint density at radius 2 is 1.47 bits per heavy atom. The van der Waals surface area contributed by atoms with Gasteiger partial charge in [0.1, 0.15) is 23.9 Å². The van der Waals surface area contributed by atoms with Crippen LogP contribution in [0, 0.1) is 11.8 Å². The lowest BCUT2D eigenvalue weighted by atomic mass is 9.96. The number of amides is 3. The Morgan fingerprint density at radius 3 is 1.94 bits per heavy atom. The number of rotatable bonds is 13. The van der Waals surface area contributed by atoms with Crippen LogP contribution in [-0.4, -0.2) is 69.8 Å². The first-order valence-electron chi connectivity index (χ1n) is 11.2. The maximum absolute atomic E-state index is 13.2. The Labute approximate surface area is 199 Å². The van der Waals surface area contributed by atoms with Crippen molar-refractivity contribution in [2.45, 2.75) is 64.7 Å². The molecule has 0 saturated carbocycles. The van der Waals surface area contributed by atoms with Crippen LogP contribution in [0.2, 0.25) is 0 Å². The monoisotopic (exact) mass is 480 g/mol. The molecule has 0 aromatic heterocycles. The highest BCUT2D eigenvalue weighted by molar-refractivity contribution is 5.94. The number of benzene rings is 1. The number of carboxylic acids is 1. The zero-order chi connectivity index (χ0) is 26.0. The molecule has 0 fully saturated rings. The minimum atomic E-state index is -1.52. The lowest BCUT2D eigenvalue weighted by molar-refractivity contribution is -0.143. The SMILES string of the molecule is CCC(C)C(NC(=O)C(Cc1ccc(O)cc1)NC(=O)C(N)C(C)C)C(=O)NC(CO)C(=O)O. The van der Waals surface area contributed by atoms with E-state index in [9.17, 15) is 29.4 Å². The molecule has 0 bridgehead atoms. The predicted molar refractivity (Wildman–Crippen MR) is 125 cm³/mol. The van der Waals surface area contributed by atoms with E-state index in [4.69, 9.17) is 10.8 Å². The van der Waals surface area contributed by atoms with Gasteiger partial charge in [0.2, 0.25) is 17.7 Å². The number of phenols is 1. The molecule has 5 unspecified atom stereocenters. The molecule has 0 aliphatic rings. The van der Waals surface area contributed by atoms with E-state index in [1.165, 1.54) is 12.1 Å². The van der Waals surface area contributed by atoms with Gasteiger partial charge in [-0.15, -0.1) is 0 Å². The van der Waals surface area contributed by atoms with E-state index < -0.39 is 54.5 Å². The summed E-state index contributed by atoms with van der Waals surface area (Å²) in [6, 6.07) is 1.52. The molecule has 0 aliphatic heterocycles. The largest absolute Gasteiger partial charge is 0.508 e. The fourth-order valence-corrected chi connectivity index (χ4v) is 3.05. The predicted octanol–water partition coefficient (Wildman–Crippen LogP) is -0.505. The van der Waals surface area contributed by atoms with Crippen LogP contribution in [-0.2, 0) is 25.6 Å². The summed E-state index contributed by atoms with van der Waals surface area (Å²) in [5.74, 6) is -3.88. The molecule has 34 heavy (non-hydrogen) atoms. The molecular formula is C23H36N4O7. The Kier molecular flexibility index (Phi) is 11.5. The van der Waals surface area contributed by atoms with Crippen LogP contribution in [0.25, 0.3) is 0 Å². The van der Waals surface area contributed by atoms with Crippen LogP contribution in [0.1, 0.15) is 39.7 Å². The number of carbonyl (C=O) groups is 4. The van der Waals surface area contributed by atoms with E-state index in [0.29, 0.717) is 12.0 Å². The van der Waals surface area contributed by atoms with E-state index in [2.05, 4.69) is 16.0 Å². The van der Waals surface area contributed by atoms with Gasteiger partial charge in [0.05, 0.1) is 12.6 Å². The first-order chi connectivity index (χ1) is 15.9. The number of aliphatic carboxylic acids is 1. The van der Waals surface area contributed by atoms with Crippen LogP contribution in [0.15, 0.2) is 24.3 Å². The van der Waals surface area contributed by atoms with Crippen molar-refractivity contribution in [1.82, 2.24) is 16.0 Å². The minimum Gasteiger partial charge on any atom is -0.508 e. The number of hydrogen-bond acceptors (Lipinski definition) is 7. The number of hydrogen-bond donors (Lipinski definition) is 7. The Morgan fingerprint density at radius 1 is 0.912 bits per heavy atom. The molecule has 11 heteroatoms. The Hall–Kier alpha value is -3.18. The molecule has 5 atom stereocenters. The summed E-state index contributed by atoms with van der Waals surface area (Å²) in [5, 5.41) is 35.3. The van der Waals surface area contributed by atoms with E-state index in [1.54, 1.807) is 39.8 Å². The van der Waals surface area contributed by atoms with Crippen molar-refractivity contribution in [3.8, 4) is 5.75 Å². The van der Waals surface area contributed by atoms with Crippen molar-refractivity contribution in [3.63, 3.8) is 0 Å². The van der Waals surface area contributed by atoms with Gasteiger partial charge < -0.3 is 37.0 Å². The number of carbonyl (C=O) groups excluding carboxylic acids is 3. The molecule has 190 valence electrons. The van der Waals surface area contributed by atoms with Gasteiger partial charge in [0.15, 0.2) is 0 Å². The van der Waals surface area contributed by atoms with Crippen molar-refractivity contribution in [2.24, 2.45) is 17.6 Å². The zero-order valence-corrected chi connectivity index (χ0v) is 19.9. The van der Waals surface area contributed by atoms with E-state index in [-0.39, 0.29) is 24.0 Å². The van der Waals surface area contributed by atoms with Crippen molar-refractivity contribution >= 4 is 23.7 Å². The van der Waals surface area contributed by atoms with E-state index >= 15 is 0 Å². The second kappa shape index (κ2) is 13.5. The first-order valence-corrected chi connectivity index (χ1v) is 11.2. The maximum Gasteiger partial charge on any atom is 0.328 e. The molecule has 0 saturated heterocycles. The number of aliphatic hydroxyl groups is 1. The van der Waals surface area contributed by atoms with Gasteiger partial charge in [-0.05, 0) is 29.5 Å². The van der Waals surface area contributed by atoms with Gasteiger partial charge in [-0.2, -0.15) is 0 Å². The Balaban J connectivity index is 3.14. The Bertz CT molecular complexity index is 844. The molecular weight excluding hydrogens is 444 g/mol. The number of nitrogens with two attached hydrogens (primary N) is 1. The molecule has 1 rings (SSSR count). The summed E-state index contributed by atoms with van der Waals surface area (Å²) in [7, 11) is 0. The lowest BCUT2D eigenvalue weighted by Gasteiger charge is -2.28. The summed E-state index contributed by atoms with van der Waals surface area (Å²) < 4.78 is 0. The molecule has 8 N–H and O–H groups in total. The molecule has 0 aliphatic carbocycles. The minimum absolute atomic E-state index is 0.0426. The third-order valence-corrected chi connectivity index (χ3v) is 5.62. The summed E-state index contributed by atoms with van der Waals surface area (Å²) >= 11 is 0. The smallest absolute Gasteiger partial charge is 0.328 e. The van der Waals surface area contributed by atoms with E-state index in [0.717, 1.165) is 0 Å². The second-order valence-electron chi connectivity index (χ2n) is 8.66. The van der Waals surface area contributed by atoms with Gasteiger partial charge in [-0.25, -0.2) is 4.79 Å². The summed E-state index contributed by atoms with van der Waals surface area (Å²) in [4.78, 5) is 49.7. The summed E-state index contributed by atoms with van der Waals surface area (Å²) in [6.07, 6.45) is 0.550. The maximum atomic E-state index is 13.2. The van der Waals surface area contributed by atoms with Crippen molar-refractivity contribution in [1.29, 1.82) is 0 Å². The highest BCUT2D eigenvalue weighted by atomic mass is 16.4. The lowest BCUT2D eigenvalue weighted by Crippen LogP contribution is -2.59. The molecule has 11 nitrogen and oxygen atoms in total. The highest BCUT2D eigenvalue weighted by Gasteiger charge is 2.33. The van der Waals surface area contributed by atoms with Crippen molar-refractivity contribution in [3.05, 3.63) is 29.8 Å². The van der Waals surface area contributed by atoms with Crippen molar-refractivity contribution in [2.75, 3.05) is 6.61 Å². The fourth-order valence-electron chi connectivity index (χ4n) is 3.05. The summed E-state index contributed by atoms with van der Waals surface area (Å²) in [5.41, 5.74) is 6.56. The van der Waals surface area contributed by atoms with Crippen molar-refractivity contribution < 1.29 is 34.5 Å².